The molecule has 5 N–H and O–H groups in total. The topological polar surface area (TPSA) is 207 Å². The average molecular weight is 523 g/mol. The van der Waals surface area contributed by atoms with Crippen molar-refractivity contribution in [3.63, 3.8) is 0 Å². The van der Waals surface area contributed by atoms with Crippen LogP contribution in [0.1, 0.15) is 17.4 Å². The number of aromatic nitrogens is 4. The normalized spacial score (nSPS) is 14.2. The first kappa shape index (κ1) is 26.7. The second kappa shape index (κ2) is 10.8. The monoisotopic (exact) mass is 522 g/mol. The van der Waals surface area contributed by atoms with Crippen LogP contribution in [0.5, 0.6) is 0 Å². The van der Waals surface area contributed by atoms with Crippen molar-refractivity contribution in [2.75, 3.05) is 19.5 Å². The predicted octanol–water partition coefficient (Wildman–Crippen LogP) is 0.945. The zero-order valence-electron chi connectivity index (χ0n) is 18.6. The van der Waals surface area contributed by atoms with E-state index in [1.54, 1.807) is 0 Å². The minimum absolute atomic E-state index is 0.0256. The lowest BCUT2D eigenvalue weighted by molar-refractivity contribution is -0.192. The van der Waals surface area contributed by atoms with E-state index >= 15 is 4.39 Å². The summed E-state index contributed by atoms with van der Waals surface area (Å²) in [4.78, 5) is 35.5. The Morgan fingerprint density at radius 1 is 1.28 bits per heavy atom. The van der Waals surface area contributed by atoms with Gasteiger partial charge in [0.05, 0.1) is 24.6 Å². The number of nitrogens with zero attached hydrogens (tertiary/aromatic N) is 5. The molecular weight excluding hydrogens is 503 g/mol. The van der Waals surface area contributed by atoms with E-state index in [-0.39, 0.29) is 33.4 Å². The fourth-order valence-electron chi connectivity index (χ4n) is 3.37. The molecule has 2 heterocycles. The number of alkyl halides is 1. The minimum atomic E-state index is -2.80. The number of aliphatic carboxylic acids is 2. The summed E-state index contributed by atoms with van der Waals surface area (Å²) in [5, 5.41) is 38.7. The number of hydrogen-bond donors (Lipinski definition) is 4. The summed E-state index contributed by atoms with van der Waals surface area (Å²) in [6, 6.07) is 7.42. The molecule has 0 saturated heterocycles. The number of carbonyl (C=O) groups is 2. The number of imidazole rings is 1. The maximum Gasteiger partial charge on any atom is 0.348 e. The van der Waals surface area contributed by atoms with Gasteiger partial charge in [-0.2, -0.15) is 15.2 Å². The van der Waals surface area contributed by atoms with Gasteiger partial charge in [0.25, 0.3) is 5.60 Å². The lowest BCUT2D eigenvalue weighted by atomic mass is 9.93. The molecule has 0 spiro atoms. The van der Waals surface area contributed by atoms with Crippen molar-refractivity contribution in [2.24, 2.45) is 0 Å². The zero-order chi connectivity index (χ0) is 26.6. The Morgan fingerprint density at radius 3 is 2.47 bits per heavy atom. The number of halogens is 2. The summed E-state index contributed by atoms with van der Waals surface area (Å²) in [5.74, 6) is -3.78. The second-order valence-electron chi connectivity index (χ2n) is 7.57. The average Bonchev–Trinajstić information content (AvgIpc) is 3.27. The van der Waals surface area contributed by atoms with Gasteiger partial charge in [-0.25, -0.2) is 19.0 Å². The predicted molar refractivity (Wildman–Crippen MR) is 121 cm³/mol. The molecule has 0 fully saturated rings. The van der Waals surface area contributed by atoms with Crippen molar-refractivity contribution < 1.29 is 38.8 Å². The molecule has 0 aliphatic heterocycles. The van der Waals surface area contributed by atoms with Crippen molar-refractivity contribution in [2.45, 2.75) is 30.5 Å². The molecule has 2 aromatic heterocycles. The summed E-state index contributed by atoms with van der Waals surface area (Å²) in [5.41, 5.74) is 3.33. The number of nitrogen functional groups attached to an aromatic ring is 1. The van der Waals surface area contributed by atoms with Crippen molar-refractivity contribution >= 4 is 40.5 Å². The molecule has 3 rings (SSSR count). The third kappa shape index (κ3) is 5.19. The molecule has 15 heteroatoms. The molecule has 0 amide bonds. The lowest BCUT2D eigenvalue weighted by Crippen LogP contribution is -2.53. The molecule has 0 radical (unpaired) electrons. The fraction of sp³-hybridized carbons (Fsp3) is 0.333. The number of ether oxygens (including phenoxy) is 2. The van der Waals surface area contributed by atoms with E-state index < -0.39 is 49.1 Å². The molecule has 190 valence electrons. The number of nitrogens with two attached hydrogens (primary N) is 1. The van der Waals surface area contributed by atoms with Gasteiger partial charge in [0.2, 0.25) is 11.6 Å². The molecule has 13 nitrogen and oxygen atoms in total. The van der Waals surface area contributed by atoms with Crippen LogP contribution in [-0.4, -0.2) is 78.3 Å². The Morgan fingerprint density at radius 2 is 1.92 bits per heavy atom. The van der Waals surface area contributed by atoms with Crippen LogP contribution in [0.3, 0.4) is 0 Å². The third-order valence-corrected chi connectivity index (χ3v) is 5.54. The van der Waals surface area contributed by atoms with Crippen molar-refractivity contribution in [1.82, 2.24) is 19.5 Å². The van der Waals surface area contributed by atoms with E-state index in [4.69, 9.17) is 32.1 Å². The quantitative estimate of drug-likeness (QED) is 0.205. The van der Waals surface area contributed by atoms with Crippen LogP contribution in [0, 0.1) is 11.3 Å². The van der Waals surface area contributed by atoms with Gasteiger partial charge in [0.1, 0.15) is 17.7 Å². The SMILES string of the molecule is CO[C@H](COC(Cc1ccc(C#N)cc1)(C(=O)O)C(=O)O)[C@@H](O)[C@H](F)n1cnc2c(N)nc(Cl)nc21. The highest BCUT2D eigenvalue weighted by molar-refractivity contribution is 6.28. The van der Waals surface area contributed by atoms with Gasteiger partial charge in [-0.1, -0.05) is 12.1 Å². The number of methoxy groups -OCH3 is 1. The van der Waals surface area contributed by atoms with E-state index in [1.807, 2.05) is 6.07 Å². The summed E-state index contributed by atoms with van der Waals surface area (Å²) in [7, 11) is 1.09. The van der Waals surface area contributed by atoms with Crippen LogP contribution in [0.4, 0.5) is 10.2 Å². The van der Waals surface area contributed by atoms with Gasteiger partial charge in [-0.15, -0.1) is 0 Å². The fourth-order valence-corrected chi connectivity index (χ4v) is 3.54. The molecule has 0 aliphatic carbocycles. The molecule has 0 bridgehead atoms. The Bertz CT molecular complexity index is 1300. The number of nitriles is 1. The molecule has 0 aliphatic rings. The number of rotatable bonds is 11. The highest BCUT2D eigenvalue weighted by atomic mass is 35.5. The summed E-state index contributed by atoms with van der Waals surface area (Å²) >= 11 is 5.77. The van der Waals surface area contributed by atoms with Gasteiger partial charge < -0.3 is 30.5 Å². The molecule has 3 aromatic rings. The van der Waals surface area contributed by atoms with Crippen LogP contribution < -0.4 is 5.73 Å². The number of fused-ring (bicyclic) bond motifs is 1. The summed E-state index contributed by atoms with van der Waals surface area (Å²) in [6.07, 6.45) is -5.40. The smallest absolute Gasteiger partial charge is 0.348 e. The highest BCUT2D eigenvalue weighted by Crippen LogP contribution is 2.27. The first-order valence-corrected chi connectivity index (χ1v) is 10.5. The van der Waals surface area contributed by atoms with Gasteiger partial charge in [-0.05, 0) is 29.3 Å². The van der Waals surface area contributed by atoms with Gasteiger partial charge in [-0.3, -0.25) is 4.57 Å². The third-order valence-electron chi connectivity index (χ3n) is 5.37. The highest BCUT2D eigenvalue weighted by Gasteiger charge is 2.49. The van der Waals surface area contributed by atoms with E-state index in [0.717, 1.165) is 18.0 Å². The van der Waals surface area contributed by atoms with Crippen LogP contribution in [0.2, 0.25) is 5.28 Å². The number of hydrogen-bond acceptors (Lipinski definition) is 10. The molecule has 1 aromatic carbocycles. The van der Waals surface area contributed by atoms with E-state index in [9.17, 15) is 24.9 Å². The second-order valence-corrected chi connectivity index (χ2v) is 7.91. The van der Waals surface area contributed by atoms with Crippen LogP contribution in [0.25, 0.3) is 11.2 Å². The first-order chi connectivity index (χ1) is 17.0. The molecule has 36 heavy (non-hydrogen) atoms. The summed E-state index contributed by atoms with van der Waals surface area (Å²) in [6.45, 7) is -0.822. The number of carboxylic acid groups (broad SMARTS) is 2. The van der Waals surface area contributed by atoms with Crippen molar-refractivity contribution in [1.29, 1.82) is 5.26 Å². The number of aliphatic hydroxyl groups excluding tert-OH is 1. The van der Waals surface area contributed by atoms with Crippen LogP contribution in [0.15, 0.2) is 30.6 Å². The molecule has 3 atom stereocenters. The summed E-state index contributed by atoms with van der Waals surface area (Å²) < 4.78 is 26.4. The van der Waals surface area contributed by atoms with Gasteiger partial charge in [0.15, 0.2) is 11.5 Å². The van der Waals surface area contributed by atoms with Gasteiger partial charge >= 0.3 is 11.9 Å². The molecule has 0 saturated carbocycles. The van der Waals surface area contributed by atoms with Crippen LogP contribution >= 0.6 is 11.6 Å². The molecule has 0 unspecified atom stereocenters. The standard InChI is InChI=1S/C21H20ClFN6O7/c1-35-12(14(30)15(23)29-9-26-13-16(25)27-20(22)28-17(13)29)8-36-21(18(31)32,19(33)34)6-10-2-4-11(7-24)5-3-10/h2-5,9,12,14-15,30H,6,8H2,1H3,(H,31,32)(H,33,34)(H2,25,27,28)/t12-,14-,15-/m1/s1. The van der Waals surface area contributed by atoms with Gasteiger partial charge in [0, 0.05) is 13.5 Å². The Labute approximate surface area is 207 Å². The maximum atomic E-state index is 15.3. The molecular formula is C21H20ClFN6O7. The minimum Gasteiger partial charge on any atom is -0.479 e. The van der Waals surface area contributed by atoms with E-state index in [2.05, 4.69) is 15.0 Å². The van der Waals surface area contributed by atoms with E-state index in [0.29, 0.717) is 0 Å². The maximum absolute atomic E-state index is 15.3. The number of aliphatic hydroxyl groups is 1. The largest absolute Gasteiger partial charge is 0.479 e. The Kier molecular flexibility index (Phi) is 8.00. The number of carboxylic acids is 2. The Hall–Kier alpha value is -3.90. The van der Waals surface area contributed by atoms with Crippen molar-refractivity contribution in [3.05, 3.63) is 47.0 Å². The van der Waals surface area contributed by atoms with Crippen LogP contribution in [-0.2, 0) is 25.5 Å². The zero-order valence-corrected chi connectivity index (χ0v) is 19.3. The van der Waals surface area contributed by atoms with E-state index in [1.165, 1.54) is 24.3 Å². The lowest BCUT2D eigenvalue weighted by Gasteiger charge is -2.30. The Balaban J connectivity index is 1.84. The van der Waals surface area contributed by atoms with Crippen molar-refractivity contribution in [3.8, 4) is 6.07 Å². The number of anilines is 1. The first-order valence-electron chi connectivity index (χ1n) is 10.1. The number of benzene rings is 1.